The van der Waals surface area contributed by atoms with Gasteiger partial charge < -0.3 is 0 Å². The third-order valence-corrected chi connectivity index (χ3v) is 4.25. The topological polar surface area (TPSA) is 3.24 Å². The van der Waals surface area contributed by atoms with Gasteiger partial charge in [-0.15, -0.1) is 0 Å². The maximum absolute atomic E-state index is 2.63. The maximum Gasteiger partial charge on any atom is 0.0464 e. The number of hydrogen-bond donors (Lipinski definition) is 0. The highest BCUT2D eigenvalue weighted by Gasteiger charge is 2.44. The number of fused-ring (bicyclic) bond motifs is 1. The van der Waals surface area contributed by atoms with Gasteiger partial charge in [-0.25, -0.2) is 0 Å². The maximum atomic E-state index is 2.63. The van der Waals surface area contributed by atoms with Crippen molar-refractivity contribution in [1.29, 1.82) is 0 Å². The molecule has 0 spiro atoms. The second-order valence-electron chi connectivity index (χ2n) is 5.68. The normalized spacial score (nSPS) is 25.4. The first kappa shape index (κ1) is 11.7. The molecule has 0 saturated carbocycles. The van der Waals surface area contributed by atoms with Gasteiger partial charge >= 0.3 is 0 Å². The molecule has 1 unspecified atom stereocenters. The Kier molecular flexibility index (Phi) is 2.83. The van der Waals surface area contributed by atoms with E-state index in [0.29, 0.717) is 12.0 Å². The Morgan fingerprint density at radius 2 is 1.75 bits per heavy atom. The van der Waals surface area contributed by atoms with Crippen molar-refractivity contribution in [2.45, 2.75) is 52.7 Å². The first-order valence-corrected chi connectivity index (χ1v) is 6.33. The first-order valence-electron chi connectivity index (χ1n) is 6.33. The Labute approximate surface area is 99.5 Å². The molecule has 1 heteroatoms. The Hall–Kier alpha value is -0.820. The molecule has 1 heterocycles. The molecule has 0 aromatic heterocycles. The van der Waals surface area contributed by atoms with Crippen molar-refractivity contribution in [2.24, 2.45) is 5.92 Å². The fourth-order valence-corrected chi connectivity index (χ4v) is 3.02. The van der Waals surface area contributed by atoms with Crippen LogP contribution in [0.25, 0.3) is 0 Å². The molecule has 0 radical (unpaired) electrons. The number of hydrogen-bond acceptors (Lipinski definition) is 1. The molecule has 0 saturated heterocycles. The molecule has 2 rings (SSSR count). The Morgan fingerprint density at radius 3 is 2.31 bits per heavy atom. The Bertz CT molecular complexity index is 381. The predicted molar refractivity (Wildman–Crippen MR) is 69.3 cm³/mol. The van der Waals surface area contributed by atoms with Crippen molar-refractivity contribution in [3.05, 3.63) is 35.4 Å². The summed E-state index contributed by atoms with van der Waals surface area (Å²) in [6.45, 7) is 12.8. The van der Waals surface area contributed by atoms with E-state index in [0.717, 1.165) is 6.54 Å². The van der Waals surface area contributed by atoms with Crippen molar-refractivity contribution in [3.63, 3.8) is 0 Å². The van der Waals surface area contributed by atoms with Crippen LogP contribution in [-0.4, -0.2) is 10.9 Å². The van der Waals surface area contributed by atoms with E-state index < -0.39 is 0 Å². The van der Waals surface area contributed by atoms with E-state index in [1.54, 1.807) is 0 Å². The largest absolute Gasteiger partial charge is 0.287 e. The third kappa shape index (κ3) is 1.49. The minimum atomic E-state index is 0.199. The lowest BCUT2D eigenvalue weighted by molar-refractivity contribution is 0.0424. The molecule has 1 aromatic rings. The molecule has 0 N–H and O–H groups in total. The van der Waals surface area contributed by atoms with Crippen LogP contribution in [0, 0.1) is 5.92 Å². The average Bonchev–Trinajstić information content (AvgIpc) is 2.54. The van der Waals surface area contributed by atoms with Gasteiger partial charge in [0.25, 0.3) is 0 Å². The third-order valence-electron chi connectivity index (χ3n) is 4.25. The smallest absolute Gasteiger partial charge is 0.0464 e. The zero-order valence-corrected chi connectivity index (χ0v) is 11.1. The molecule has 0 aliphatic carbocycles. The van der Waals surface area contributed by atoms with Gasteiger partial charge in [-0.2, -0.15) is 0 Å². The lowest BCUT2D eigenvalue weighted by Gasteiger charge is -2.42. The molecule has 1 aromatic carbocycles. The summed E-state index contributed by atoms with van der Waals surface area (Å²) < 4.78 is 0. The molecule has 0 amide bonds. The molecule has 1 aliphatic heterocycles. The van der Waals surface area contributed by atoms with E-state index in [9.17, 15) is 0 Å². The minimum absolute atomic E-state index is 0.199. The van der Waals surface area contributed by atoms with Gasteiger partial charge in [-0.05, 0) is 37.8 Å². The van der Waals surface area contributed by atoms with Crippen molar-refractivity contribution in [2.75, 3.05) is 0 Å². The van der Waals surface area contributed by atoms with Crippen molar-refractivity contribution >= 4 is 0 Å². The summed E-state index contributed by atoms with van der Waals surface area (Å²) in [7, 11) is 0. The molecule has 0 bridgehead atoms. The van der Waals surface area contributed by atoms with Gasteiger partial charge in [-0.3, -0.25) is 4.90 Å². The van der Waals surface area contributed by atoms with Gasteiger partial charge in [0.2, 0.25) is 0 Å². The van der Waals surface area contributed by atoms with E-state index >= 15 is 0 Å². The molecule has 1 aliphatic rings. The molecule has 88 valence electrons. The zero-order chi connectivity index (χ0) is 11.9. The van der Waals surface area contributed by atoms with Crippen LogP contribution in [0.2, 0.25) is 0 Å². The summed E-state index contributed by atoms with van der Waals surface area (Å²) in [4.78, 5) is 2.63. The molecule has 16 heavy (non-hydrogen) atoms. The van der Waals surface area contributed by atoms with Crippen LogP contribution in [0.1, 0.15) is 45.7 Å². The summed E-state index contributed by atoms with van der Waals surface area (Å²) in [5, 5.41) is 0. The average molecular weight is 217 g/mol. The number of rotatable bonds is 2. The van der Waals surface area contributed by atoms with E-state index in [-0.39, 0.29) is 5.54 Å². The molecular weight excluding hydrogens is 194 g/mol. The lowest BCUT2D eigenvalue weighted by Crippen LogP contribution is -2.46. The lowest BCUT2D eigenvalue weighted by atomic mass is 9.81. The summed E-state index contributed by atoms with van der Waals surface area (Å²) in [6, 6.07) is 9.50. The Balaban J connectivity index is 2.52. The van der Waals surface area contributed by atoms with Crippen LogP contribution < -0.4 is 0 Å². The van der Waals surface area contributed by atoms with Crippen LogP contribution in [0.3, 0.4) is 0 Å². The summed E-state index contributed by atoms with van der Waals surface area (Å²) in [5.41, 5.74) is 3.23. The second-order valence-corrected chi connectivity index (χ2v) is 5.68. The fraction of sp³-hybridized carbons (Fsp3) is 0.600. The summed E-state index contributed by atoms with van der Waals surface area (Å²) >= 11 is 0. The van der Waals surface area contributed by atoms with Crippen LogP contribution in [0.15, 0.2) is 24.3 Å². The second kappa shape index (κ2) is 3.89. The van der Waals surface area contributed by atoms with Gasteiger partial charge in [0.05, 0.1) is 0 Å². The highest BCUT2D eigenvalue weighted by atomic mass is 15.2. The SMILES string of the molecule is CC(C)N1Cc2ccccc2C1(C)C(C)C. The quantitative estimate of drug-likeness (QED) is 0.728. The molecule has 0 fully saturated rings. The molecular formula is C15H23N. The van der Waals surface area contributed by atoms with Gasteiger partial charge in [0.15, 0.2) is 0 Å². The number of benzene rings is 1. The zero-order valence-electron chi connectivity index (χ0n) is 11.1. The van der Waals surface area contributed by atoms with Crippen molar-refractivity contribution in [3.8, 4) is 0 Å². The standard InChI is InChI=1S/C15H23N/c1-11(2)15(5)14-9-7-6-8-13(14)10-16(15)12(3)4/h6-9,11-12H,10H2,1-5H3. The Morgan fingerprint density at radius 1 is 1.12 bits per heavy atom. The van der Waals surface area contributed by atoms with E-state index in [4.69, 9.17) is 0 Å². The highest BCUT2D eigenvalue weighted by Crippen LogP contribution is 2.44. The van der Waals surface area contributed by atoms with Crippen LogP contribution in [0.4, 0.5) is 0 Å². The predicted octanol–water partition coefficient (Wildman–Crippen LogP) is 3.78. The minimum Gasteiger partial charge on any atom is -0.287 e. The van der Waals surface area contributed by atoms with E-state index in [1.165, 1.54) is 11.1 Å². The highest BCUT2D eigenvalue weighted by molar-refractivity contribution is 5.38. The van der Waals surface area contributed by atoms with Crippen LogP contribution >= 0.6 is 0 Å². The first-order chi connectivity index (χ1) is 7.48. The van der Waals surface area contributed by atoms with Crippen LogP contribution in [-0.2, 0) is 12.1 Å². The van der Waals surface area contributed by atoms with Gasteiger partial charge in [0.1, 0.15) is 0 Å². The van der Waals surface area contributed by atoms with E-state index in [2.05, 4.69) is 63.8 Å². The monoisotopic (exact) mass is 217 g/mol. The van der Waals surface area contributed by atoms with E-state index in [1.807, 2.05) is 0 Å². The number of nitrogens with zero attached hydrogens (tertiary/aromatic N) is 1. The van der Waals surface area contributed by atoms with Crippen molar-refractivity contribution < 1.29 is 0 Å². The van der Waals surface area contributed by atoms with Gasteiger partial charge in [0, 0.05) is 18.1 Å². The van der Waals surface area contributed by atoms with Crippen LogP contribution in [0.5, 0.6) is 0 Å². The van der Waals surface area contributed by atoms with Crippen molar-refractivity contribution in [1.82, 2.24) is 4.90 Å². The molecule has 1 nitrogen and oxygen atoms in total. The summed E-state index contributed by atoms with van der Waals surface area (Å²) in [5.74, 6) is 0.638. The summed E-state index contributed by atoms with van der Waals surface area (Å²) in [6.07, 6.45) is 0. The molecule has 1 atom stereocenters. The van der Waals surface area contributed by atoms with Gasteiger partial charge in [-0.1, -0.05) is 38.1 Å². The fourth-order valence-electron chi connectivity index (χ4n) is 3.02.